The Hall–Kier alpha value is -1.84. The maximum Gasteiger partial charge on any atom is 0.277 e. The van der Waals surface area contributed by atoms with Gasteiger partial charge in [0.05, 0.1) is 0 Å². The van der Waals surface area contributed by atoms with E-state index >= 15 is 0 Å². The number of ether oxygens (including phenoxy) is 1. The van der Waals surface area contributed by atoms with Gasteiger partial charge in [0.2, 0.25) is 0 Å². The van der Waals surface area contributed by atoms with Gasteiger partial charge in [-0.2, -0.15) is 5.10 Å². The predicted molar refractivity (Wildman–Crippen MR) is 82.3 cm³/mol. The number of amides is 1. The summed E-state index contributed by atoms with van der Waals surface area (Å²) in [6.45, 7) is 10.1. The lowest BCUT2D eigenvalue weighted by Gasteiger charge is -2.14. The fourth-order valence-corrected chi connectivity index (χ4v) is 1.66. The molecule has 0 aliphatic carbocycles. The average molecular weight is 276 g/mol. The molecule has 0 radical (unpaired) electrons. The molecule has 0 bridgehead atoms. The standard InChI is InChI=1S/C16H24N2O2/c1-6-13(5)17-18-16(19)10-20-15-9-12(4)7-8-14(15)11(2)3/h7-9,11H,6,10H2,1-5H3,(H,18,19). The van der Waals surface area contributed by atoms with Crippen molar-refractivity contribution in [3.8, 4) is 5.75 Å². The Morgan fingerprint density at radius 1 is 1.40 bits per heavy atom. The normalized spacial score (nSPS) is 11.6. The maximum absolute atomic E-state index is 11.7. The van der Waals surface area contributed by atoms with Gasteiger partial charge in [0.15, 0.2) is 6.61 Å². The van der Waals surface area contributed by atoms with Crippen LogP contribution >= 0.6 is 0 Å². The molecule has 1 N–H and O–H groups in total. The highest BCUT2D eigenvalue weighted by Crippen LogP contribution is 2.27. The second-order valence-electron chi connectivity index (χ2n) is 5.22. The molecule has 1 rings (SSSR count). The van der Waals surface area contributed by atoms with Crippen LogP contribution in [-0.4, -0.2) is 18.2 Å². The van der Waals surface area contributed by atoms with Gasteiger partial charge in [-0.05, 0) is 43.4 Å². The third kappa shape index (κ3) is 5.03. The molecule has 0 spiro atoms. The summed E-state index contributed by atoms with van der Waals surface area (Å²) in [5, 5.41) is 3.97. The van der Waals surface area contributed by atoms with Crippen LogP contribution in [0.15, 0.2) is 23.3 Å². The number of carbonyl (C=O) groups is 1. The minimum atomic E-state index is -0.242. The Morgan fingerprint density at radius 2 is 2.10 bits per heavy atom. The van der Waals surface area contributed by atoms with E-state index < -0.39 is 0 Å². The van der Waals surface area contributed by atoms with E-state index in [-0.39, 0.29) is 12.5 Å². The summed E-state index contributed by atoms with van der Waals surface area (Å²) in [5.74, 6) is 0.884. The van der Waals surface area contributed by atoms with Crippen LogP contribution in [-0.2, 0) is 4.79 Å². The van der Waals surface area contributed by atoms with Crippen LogP contribution in [0.4, 0.5) is 0 Å². The highest BCUT2D eigenvalue weighted by atomic mass is 16.5. The third-order valence-electron chi connectivity index (χ3n) is 3.03. The first-order valence-corrected chi connectivity index (χ1v) is 6.99. The van der Waals surface area contributed by atoms with E-state index in [0.717, 1.165) is 29.0 Å². The number of carbonyl (C=O) groups excluding carboxylic acids is 1. The SMILES string of the molecule is CCC(C)=NNC(=O)COc1cc(C)ccc1C(C)C. The third-order valence-corrected chi connectivity index (χ3v) is 3.03. The molecule has 0 atom stereocenters. The molecule has 1 aromatic carbocycles. The van der Waals surface area contributed by atoms with E-state index in [1.165, 1.54) is 0 Å². The highest BCUT2D eigenvalue weighted by molar-refractivity contribution is 5.84. The zero-order valence-corrected chi connectivity index (χ0v) is 13.0. The second kappa shape index (κ2) is 7.68. The van der Waals surface area contributed by atoms with Gasteiger partial charge in [0.25, 0.3) is 5.91 Å². The molecule has 0 unspecified atom stereocenters. The molecular weight excluding hydrogens is 252 g/mol. The average Bonchev–Trinajstić information content (AvgIpc) is 2.42. The molecule has 0 aromatic heterocycles. The summed E-state index contributed by atoms with van der Waals surface area (Å²) in [4.78, 5) is 11.7. The molecule has 0 aliphatic rings. The van der Waals surface area contributed by atoms with Gasteiger partial charge in [-0.25, -0.2) is 5.43 Å². The van der Waals surface area contributed by atoms with Crippen LogP contribution in [0.3, 0.4) is 0 Å². The molecule has 0 fully saturated rings. The van der Waals surface area contributed by atoms with Crippen LogP contribution in [0.25, 0.3) is 0 Å². The molecule has 1 amide bonds. The van der Waals surface area contributed by atoms with Crippen molar-refractivity contribution in [3.05, 3.63) is 29.3 Å². The van der Waals surface area contributed by atoms with Crippen LogP contribution in [0, 0.1) is 6.92 Å². The van der Waals surface area contributed by atoms with Gasteiger partial charge in [-0.3, -0.25) is 4.79 Å². The Labute approximate surface area is 121 Å². The number of hydrogen-bond donors (Lipinski definition) is 1. The van der Waals surface area contributed by atoms with Gasteiger partial charge < -0.3 is 4.74 Å². The van der Waals surface area contributed by atoms with Crippen LogP contribution in [0.5, 0.6) is 5.75 Å². The maximum atomic E-state index is 11.7. The first-order chi connectivity index (χ1) is 9.43. The van der Waals surface area contributed by atoms with Crippen molar-refractivity contribution in [3.63, 3.8) is 0 Å². The molecule has 20 heavy (non-hydrogen) atoms. The van der Waals surface area contributed by atoms with Gasteiger partial charge in [-0.1, -0.05) is 32.9 Å². The fourth-order valence-electron chi connectivity index (χ4n) is 1.66. The quantitative estimate of drug-likeness (QED) is 0.639. The van der Waals surface area contributed by atoms with E-state index in [2.05, 4.69) is 30.4 Å². The van der Waals surface area contributed by atoms with Gasteiger partial charge >= 0.3 is 0 Å². The molecule has 4 heteroatoms. The number of rotatable bonds is 6. The van der Waals surface area contributed by atoms with Crippen molar-refractivity contribution in [1.29, 1.82) is 0 Å². The molecule has 4 nitrogen and oxygen atoms in total. The second-order valence-corrected chi connectivity index (χ2v) is 5.22. The van der Waals surface area contributed by atoms with E-state index in [9.17, 15) is 4.79 Å². The largest absolute Gasteiger partial charge is 0.483 e. The zero-order valence-electron chi connectivity index (χ0n) is 13.0. The molecular formula is C16H24N2O2. The first kappa shape index (κ1) is 16.2. The van der Waals surface area contributed by atoms with Crippen LogP contribution < -0.4 is 10.2 Å². The number of benzene rings is 1. The summed E-state index contributed by atoms with van der Waals surface area (Å²) in [6.07, 6.45) is 0.816. The lowest BCUT2D eigenvalue weighted by molar-refractivity contribution is -0.123. The molecule has 1 aromatic rings. The minimum Gasteiger partial charge on any atom is -0.483 e. The Bertz CT molecular complexity index is 493. The first-order valence-electron chi connectivity index (χ1n) is 6.99. The monoisotopic (exact) mass is 276 g/mol. The summed E-state index contributed by atoms with van der Waals surface area (Å²) in [6, 6.07) is 6.06. The Morgan fingerprint density at radius 3 is 2.70 bits per heavy atom. The predicted octanol–water partition coefficient (Wildman–Crippen LogP) is 3.40. The smallest absolute Gasteiger partial charge is 0.277 e. The summed E-state index contributed by atoms with van der Waals surface area (Å²) in [5.41, 5.74) is 5.60. The lowest BCUT2D eigenvalue weighted by Crippen LogP contribution is -2.25. The molecule has 0 saturated carbocycles. The van der Waals surface area contributed by atoms with E-state index in [1.807, 2.05) is 32.9 Å². The van der Waals surface area contributed by atoms with Crippen molar-refractivity contribution in [2.45, 2.75) is 47.0 Å². The minimum absolute atomic E-state index is 0.0241. The summed E-state index contributed by atoms with van der Waals surface area (Å²) < 4.78 is 5.63. The summed E-state index contributed by atoms with van der Waals surface area (Å²) >= 11 is 0. The Kier molecular flexibility index (Phi) is 6.22. The highest BCUT2D eigenvalue weighted by Gasteiger charge is 2.10. The van der Waals surface area contributed by atoms with Gasteiger partial charge in [0, 0.05) is 5.71 Å². The summed E-state index contributed by atoms with van der Waals surface area (Å²) in [7, 11) is 0. The van der Waals surface area contributed by atoms with Gasteiger partial charge in [0.1, 0.15) is 5.75 Å². The van der Waals surface area contributed by atoms with Crippen molar-refractivity contribution in [2.75, 3.05) is 6.61 Å². The molecule has 0 saturated heterocycles. The zero-order chi connectivity index (χ0) is 15.1. The fraction of sp³-hybridized carbons (Fsp3) is 0.500. The molecule has 0 heterocycles. The number of nitrogens with one attached hydrogen (secondary N) is 1. The van der Waals surface area contributed by atoms with Crippen molar-refractivity contribution < 1.29 is 9.53 Å². The van der Waals surface area contributed by atoms with E-state index in [1.54, 1.807) is 0 Å². The van der Waals surface area contributed by atoms with Crippen LogP contribution in [0.2, 0.25) is 0 Å². The van der Waals surface area contributed by atoms with Crippen molar-refractivity contribution in [2.24, 2.45) is 5.10 Å². The van der Waals surface area contributed by atoms with Gasteiger partial charge in [-0.15, -0.1) is 0 Å². The number of nitrogens with zero attached hydrogens (tertiary/aromatic N) is 1. The van der Waals surface area contributed by atoms with E-state index in [0.29, 0.717) is 5.92 Å². The number of hydrogen-bond acceptors (Lipinski definition) is 3. The van der Waals surface area contributed by atoms with Crippen molar-refractivity contribution >= 4 is 11.6 Å². The molecule has 0 aliphatic heterocycles. The van der Waals surface area contributed by atoms with Crippen molar-refractivity contribution in [1.82, 2.24) is 5.43 Å². The number of hydrazone groups is 1. The number of aryl methyl sites for hydroxylation is 1. The van der Waals surface area contributed by atoms with E-state index in [4.69, 9.17) is 4.74 Å². The van der Waals surface area contributed by atoms with Crippen LogP contribution in [0.1, 0.15) is 51.2 Å². The Balaban J connectivity index is 2.65. The lowest BCUT2D eigenvalue weighted by atomic mass is 10.0. The molecule has 110 valence electrons. The topological polar surface area (TPSA) is 50.7 Å².